The Labute approximate surface area is 163 Å². The fourth-order valence-corrected chi connectivity index (χ4v) is 4.93. The smallest absolute Gasteiger partial charge is 0.143 e. The molecule has 1 atom stereocenters. The Kier molecular flexibility index (Phi) is 5.10. The van der Waals surface area contributed by atoms with Crippen LogP contribution in [0.5, 0.6) is 0 Å². The Bertz CT molecular complexity index is 923. The first-order chi connectivity index (χ1) is 13.1. The molecule has 0 amide bonds. The number of thiophene rings is 1. The van der Waals surface area contributed by atoms with Gasteiger partial charge in [-0.05, 0) is 46.1 Å². The maximum Gasteiger partial charge on any atom is 0.143 e. The zero-order chi connectivity index (χ0) is 19.0. The first kappa shape index (κ1) is 18.3. The van der Waals surface area contributed by atoms with Crippen LogP contribution in [0.3, 0.4) is 0 Å². The molecule has 8 heteroatoms. The van der Waals surface area contributed by atoms with E-state index in [-0.39, 0.29) is 6.04 Å². The summed E-state index contributed by atoms with van der Waals surface area (Å²) < 4.78 is 1.96. The molecule has 0 unspecified atom stereocenters. The highest BCUT2D eigenvalue weighted by atomic mass is 32.1. The molecule has 1 aliphatic rings. The lowest BCUT2D eigenvalue weighted by Gasteiger charge is -2.34. The van der Waals surface area contributed by atoms with Crippen molar-refractivity contribution in [2.24, 2.45) is 0 Å². The van der Waals surface area contributed by atoms with Crippen molar-refractivity contribution in [3.8, 4) is 0 Å². The Morgan fingerprint density at radius 3 is 2.70 bits per heavy atom. The molecule has 0 aromatic carbocycles. The Balaban J connectivity index is 1.44. The van der Waals surface area contributed by atoms with Gasteiger partial charge >= 0.3 is 0 Å². The van der Waals surface area contributed by atoms with E-state index >= 15 is 0 Å². The van der Waals surface area contributed by atoms with E-state index < -0.39 is 0 Å². The minimum Gasteiger partial charge on any atom is -0.356 e. The van der Waals surface area contributed by atoms with Gasteiger partial charge in [0.1, 0.15) is 29.1 Å². The molecular weight excluding hydrogens is 358 g/mol. The van der Waals surface area contributed by atoms with Crippen LogP contribution in [0.4, 0.5) is 5.82 Å². The van der Waals surface area contributed by atoms with Crippen LogP contribution in [-0.4, -0.2) is 43.9 Å². The topological polar surface area (TPSA) is 71.8 Å². The second-order valence-corrected chi connectivity index (χ2v) is 8.45. The number of nitrogens with one attached hydrogen (secondary N) is 1. The fourth-order valence-electron chi connectivity index (χ4n) is 3.94. The quantitative estimate of drug-likeness (QED) is 0.727. The number of anilines is 1. The predicted molar refractivity (Wildman–Crippen MR) is 109 cm³/mol. The average molecular weight is 386 g/mol. The van der Waals surface area contributed by atoms with Crippen molar-refractivity contribution >= 4 is 27.4 Å². The average Bonchev–Trinajstić information content (AvgIpc) is 3.27. The van der Waals surface area contributed by atoms with E-state index in [1.165, 1.54) is 15.8 Å². The molecule has 3 aromatic rings. The van der Waals surface area contributed by atoms with E-state index in [2.05, 4.69) is 58.0 Å². The molecule has 3 aromatic heterocycles. The number of aryl methyl sites for hydroxylation is 3. The molecular formula is C19H27N7S. The van der Waals surface area contributed by atoms with Crippen LogP contribution in [-0.2, 0) is 6.54 Å². The lowest BCUT2D eigenvalue weighted by Crippen LogP contribution is -2.44. The van der Waals surface area contributed by atoms with Crippen LogP contribution in [0.25, 0.3) is 10.2 Å². The van der Waals surface area contributed by atoms with Crippen molar-refractivity contribution in [1.82, 2.24) is 30.0 Å². The molecule has 7 nitrogen and oxygen atoms in total. The Hall–Kier alpha value is -2.06. The van der Waals surface area contributed by atoms with Gasteiger partial charge in [0.15, 0.2) is 0 Å². The van der Waals surface area contributed by atoms with Gasteiger partial charge < -0.3 is 10.2 Å². The van der Waals surface area contributed by atoms with Crippen LogP contribution in [0.2, 0.25) is 0 Å². The van der Waals surface area contributed by atoms with Crippen LogP contribution >= 0.6 is 11.3 Å². The molecule has 4 rings (SSSR count). The molecule has 1 aliphatic heterocycles. The molecule has 0 saturated carbocycles. The van der Waals surface area contributed by atoms with Gasteiger partial charge in [-0.25, -0.2) is 19.6 Å². The van der Waals surface area contributed by atoms with Gasteiger partial charge in [-0.2, -0.15) is 5.10 Å². The highest BCUT2D eigenvalue weighted by molar-refractivity contribution is 7.18. The molecule has 144 valence electrons. The van der Waals surface area contributed by atoms with E-state index in [4.69, 9.17) is 0 Å². The Morgan fingerprint density at radius 2 is 1.96 bits per heavy atom. The van der Waals surface area contributed by atoms with Crippen molar-refractivity contribution < 1.29 is 0 Å². The predicted octanol–water partition coefficient (Wildman–Crippen LogP) is 3.24. The van der Waals surface area contributed by atoms with E-state index in [1.54, 1.807) is 24.0 Å². The summed E-state index contributed by atoms with van der Waals surface area (Å²) in [6.07, 6.45) is 5.54. The van der Waals surface area contributed by atoms with Gasteiger partial charge in [-0.1, -0.05) is 0 Å². The molecule has 1 fully saturated rings. The first-order valence-corrected chi connectivity index (χ1v) is 10.5. The van der Waals surface area contributed by atoms with Gasteiger partial charge in [-0.15, -0.1) is 11.3 Å². The van der Waals surface area contributed by atoms with Crippen LogP contribution in [0, 0.1) is 13.8 Å². The monoisotopic (exact) mass is 385 g/mol. The summed E-state index contributed by atoms with van der Waals surface area (Å²) in [5.41, 5.74) is 1.32. The normalized spacial score (nSPS) is 17.0. The van der Waals surface area contributed by atoms with E-state index in [1.807, 2.05) is 4.68 Å². The van der Waals surface area contributed by atoms with Crippen molar-refractivity contribution in [3.05, 3.63) is 28.9 Å². The van der Waals surface area contributed by atoms with Crippen molar-refractivity contribution in [1.29, 1.82) is 0 Å². The van der Waals surface area contributed by atoms with Crippen LogP contribution in [0.15, 0.2) is 12.7 Å². The van der Waals surface area contributed by atoms with E-state index in [0.717, 1.165) is 48.9 Å². The second-order valence-electron chi connectivity index (χ2n) is 7.24. The molecule has 0 radical (unpaired) electrons. The van der Waals surface area contributed by atoms with Crippen LogP contribution in [0.1, 0.15) is 49.0 Å². The van der Waals surface area contributed by atoms with E-state index in [0.29, 0.717) is 6.04 Å². The maximum absolute atomic E-state index is 4.63. The molecule has 1 N–H and O–H groups in total. The van der Waals surface area contributed by atoms with Gasteiger partial charge in [-0.3, -0.25) is 0 Å². The number of rotatable bonds is 5. The minimum atomic E-state index is 0.205. The molecule has 0 spiro atoms. The lowest BCUT2D eigenvalue weighted by atomic mass is 10.0. The first-order valence-electron chi connectivity index (χ1n) is 9.67. The standard InChI is InChI=1S/C19H27N7S/c1-5-26-17(21-11-23-26)13(3)24-15-6-8-25(9-7-15)18-16-12(2)14(4)27-19(16)22-10-20-18/h10-11,13,15,24H,5-9H2,1-4H3/t13-/m0/s1. The van der Waals surface area contributed by atoms with Gasteiger partial charge in [0, 0.05) is 30.6 Å². The van der Waals surface area contributed by atoms with Gasteiger partial charge in [0.2, 0.25) is 0 Å². The summed E-state index contributed by atoms with van der Waals surface area (Å²) in [6.45, 7) is 11.5. The largest absolute Gasteiger partial charge is 0.356 e. The van der Waals surface area contributed by atoms with Crippen molar-refractivity contribution in [2.75, 3.05) is 18.0 Å². The summed E-state index contributed by atoms with van der Waals surface area (Å²) >= 11 is 1.76. The summed E-state index contributed by atoms with van der Waals surface area (Å²) in [5.74, 6) is 2.11. The van der Waals surface area contributed by atoms with Crippen molar-refractivity contribution in [3.63, 3.8) is 0 Å². The SMILES string of the molecule is CCn1ncnc1[C@H](C)NC1CCN(c2ncnc3sc(C)c(C)c23)CC1. The van der Waals surface area contributed by atoms with Crippen LogP contribution < -0.4 is 10.2 Å². The highest BCUT2D eigenvalue weighted by Crippen LogP contribution is 2.35. The third-order valence-corrected chi connectivity index (χ3v) is 6.67. The summed E-state index contributed by atoms with van der Waals surface area (Å²) in [7, 11) is 0. The summed E-state index contributed by atoms with van der Waals surface area (Å²) in [5, 5.41) is 9.26. The third kappa shape index (κ3) is 3.43. The lowest BCUT2D eigenvalue weighted by molar-refractivity contribution is 0.365. The summed E-state index contributed by atoms with van der Waals surface area (Å²) in [6, 6.07) is 0.692. The number of hydrogen-bond donors (Lipinski definition) is 1. The maximum atomic E-state index is 4.63. The van der Waals surface area contributed by atoms with Crippen molar-refractivity contribution in [2.45, 2.75) is 59.2 Å². The number of hydrogen-bond acceptors (Lipinski definition) is 7. The zero-order valence-corrected chi connectivity index (χ0v) is 17.3. The molecule has 0 bridgehead atoms. The number of nitrogens with zero attached hydrogens (tertiary/aromatic N) is 6. The number of fused-ring (bicyclic) bond motifs is 1. The van der Waals surface area contributed by atoms with Gasteiger partial charge in [0.05, 0.1) is 11.4 Å². The Morgan fingerprint density at radius 1 is 1.19 bits per heavy atom. The number of piperidine rings is 1. The molecule has 27 heavy (non-hydrogen) atoms. The van der Waals surface area contributed by atoms with E-state index in [9.17, 15) is 0 Å². The highest BCUT2D eigenvalue weighted by Gasteiger charge is 2.25. The fraction of sp³-hybridized carbons (Fsp3) is 0.579. The number of aromatic nitrogens is 5. The molecule has 1 saturated heterocycles. The summed E-state index contributed by atoms with van der Waals surface area (Å²) in [4.78, 5) is 18.4. The van der Waals surface area contributed by atoms with Gasteiger partial charge in [0.25, 0.3) is 0 Å². The second kappa shape index (κ2) is 7.52. The third-order valence-electron chi connectivity index (χ3n) is 5.56. The molecule has 0 aliphatic carbocycles. The zero-order valence-electron chi connectivity index (χ0n) is 16.4. The molecule has 4 heterocycles. The minimum absolute atomic E-state index is 0.205.